The molecule has 27 heavy (non-hydrogen) atoms. The zero-order valence-corrected chi connectivity index (χ0v) is 15.1. The second-order valence-electron chi connectivity index (χ2n) is 6.37. The highest BCUT2D eigenvalue weighted by atomic mass is 16.3. The Balaban J connectivity index is 1.61. The summed E-state index contributed by atoms with van der Waals surface area (Å²) in [6.07, 6.45) is 3.11. The van der Waals surface area contributed by atoms with Gasteiger partial charge in [-0.05, 0) is 55.0 Å². The van der Waals surface area contributed by atoms with Crippen molar-refractivity contribution in [3.63, 3.8) is 0 Å². The number of rotatable bonds is 4. The van der Waals surface area contributed by atoms with Gasteiger partial charge in [0, 0.05) is 22.6 Å². The van der Waals surface area contributed by atoms with Crippen molar-refractivity contribution >= 4 is 22.9 Å². The van der Waals surface area contributed by atoms with Crippen LogP contribution in [0.4, 0.5) is 0 Å². The molecule has 0 spiro atoms. The first-order valence-corrected chi connectivity index (χ1v) is 8.68. The molecular weight excluding hydrogens is 338 g/mol. The van der Waals surface area contributed by atoms with Crippen molar-refractivity contribution in [3.05, 3.63) is 89.6 Å². The number of furan rings is 1. The molecule has 0 aliphatic carbocycles. The highest BCUT2D eigenvalue weighted by Gasteiger charge is 2.11. The summed E-state index contributed by atoms with van der Waals surface area (Å²) in [6.45, 7) is 4.10. The van der Waals surface area contributed by atoms with E-state index in [2.05, 4.69) is 52.3 Å². The van der Waals surface area contributed by atoms with E-state index in [1.165, 1.54) is 17.0 Å². The normalized spacial score (nSPS) is 11.3. The van der Waals surface area contributed by atoms with Crippen molar-refractivity contribution < 1.29 is 9.21 Å². The number of hydrazone groups is 1. The molecule has 0 atom stereocenters. The second-order valence-corrected chi connectivity index (χ2v) is 6.37. The Bertz CT molecular complexity index is 1140. The Morgan fingerprint density at radius 2 is 1.85 bits per heavy atom. The number of nitrogens with zero attached hydrogens (tertiary/aromatic N) is 2. The lowest BCUT2D eigenvalue weighted by Crippen LogP contribution is -2.16. The first-order chi connectivity index (χ1) is 13.1. The molecule has 4 rings (SSSR count). The lowest BCUT2D eigenvalue weighted by atomic mass is 10.1. The van der Waals surface area contributed by atoms with Gasteiger partial charge in [-0.2, -0.15) is 5.10 Å². The molecule has 2 aromatic carbocycles. The van der Waals surface area contributed by atoms with Crippen molar-refractivity contribution in [3.8, 4) is 5.69 Å². The average Bonchev–Trinajstić information content (AvgIpc) is 3.30. The fourth-order valence-electron chi connectivity index (χ4n) is 3.25. The number of amides is 1. The highest BCUT2D eigenvalue weighted by molar-refractivity contribution is 5.92. The molecule has 4 aromatic rings. The van der Waals surface area contributed by atoms with E-state index >= 15 is 0 Å². The SMILES string of the molecule is Cc1cc(/C=N\NC(=O)c2ccco2)c(C)n1-c1ccc2ccccc2c1. The van der Waals surface area contributed by atoms with E-state index < -0.39 is 0 Å². The zero-order valence-electron chi connectivity index (χ0n) is 15.1. The van der Waals surface area contributed by atoms with Crippen molar-refractivity contribution in [2.75, 3.05) is 0 Å². The monoisotopic (exact) mass is 357 g/mol. The van der Waals surface area contributed by atoms with Gasteiger partial charge in [0.15, 0.2) is 5.76 Å². The van der Waals surface area contributed by atoms with Gasteiger partial charge in [0.05, 0.1) is 12.5 Å². The van der Waals surface area contributed by atoms with E-state index in [1.807, 2.05) is 25.1 Å². The van der Waals surface area contributed by atoms with Gasteiger partial charge in [0.1, 0.15) is 0 Å². The number of carbonyl (C=O) groups excluding carboxylic acids is 1. The number of nitrogens with one attached hydrogen (secondary N) is 1. The molecule has 0 fully saturated rings. The molecule has 0 radical (unpaired) electrons. The van der Waals surface area contributed by atoms with Gasteiger partial charge in [-0.15, -0.1) is 0 Å². The molecule has 134 valence electrons. The minimum absolute atomic E-state index is 0.230. The smallest absolute Gasteiger partial charge is 0.307 e. The van der Waals surface area contributed by atoms with Crippen molar-refractivity contribution in [1.82, 2.24) is 9.99 Å². The molecule has 1 N–H and O–H groups in total. The summed E-state index contributed by atoms with van der Waals surface area (Å²) in [5.74, 6) is -0.145. The molecule has 0 saturated carbocycles. The summed E-state index contributed by atoms with van der Waals surface area (Å²) in [6, 6.07) is 20.0. The second kappa shape index (κ2) is 6.96. The highest BCUT2D eigenvalue weighted by Crippen LogP contribution is 2.23. The van der Waals surface area contributed by atoms with Gasteiger partial charge in [0.25, 0.3) is 0 Å². The number of benzene rings is 2. The molecular formula is C22H19N3O2. The van der Waals surface area contributed by atoms with Crippen LogP contribution in [0.25, 0.3) is 16.5 Å². The number of aromatic nitrogens is 1. The van der Waals surface area contributed by atoms with E-state index in [4.69, 9.17) is 4.42 Å². The topological polar surface area (TPSA) is 59.5 Å². The van der Waals surface area contributed by atoms with E-state index in [1.54, 1.807) is 18.3 Å². The molecule has 0 aliphatic heterocycles. The van der Waals surface area contributed by atoms with E-state index in [9.17, 15) is 4.79 Å². The summed E-state index contributed by atoms with van der Waals surface area (Å²) >= 11 is 0. The maximum Gasteiger partial charge on any atom is 0.307 e. The maximum absolute atomic E-state index is 11.9. The third kappa shape index (κ3) is 3.27. The van der Waals surface area contributed by atoms with Gasteiger partial charge in [0.2, 0.25) is 0 Å². The van der Waals surface area contributed by atoms with Crippen LogP contribution in [0.2, 0.25) is 0 Å². The van der Waals surface area contributed by atoms with E-state index in [0.29, 0.717) is 0 Å². The number of fused-ring (bicyclic) bond motifs is 1. The van der Waals surface area contributed by atoms with Crippen LogP contribution < -0.4 is 5.43 Å². The summed E-state index contributed by atoms with van der Waals surface area (Å²) in [7, 11) is 0. The molecule has 0 unspecified atom stereocenters. The summed E-state index contributed by atoms with van der Waals surface area (Å²) in [4.78, 5) is 11.9. The van der Waals surface area contributed by atoms with Gasteiger partial charge in [-0.1, -0.05) is 30.3 Å². The molecule has 5 nitrogen and oxygen atoms in total. The van der Waals surface area contributed by atoms with Gasteiger partial charge in [-0.25, -0.2) is 5.43 Å². The van der Waals surface area contributed by atoms with Crippen LogP contribution in [0.5, 0.6) is 0 Å². The first kappa shape index (κ1) is 16.8. The molecule has 0 bridgehead atoms. The summed E-state index contributed by atoms with van der Waals surface area (Å²) in [5, 5.41) is 6.47. The van der Waals surface area contributed by atoms with Gasteiger partial charge >= 0.3 is 5.91 Å². The van der Waals surface area contributed by atoms with Crippen LogP contribution in [0.15, 0.2) is 76.4 Å². The fraction of sp³-hybridized carbons (Fsp3) is 0.0909. The molecule has 0 saturated heterocycles. The van der Waals surface area contributed by atoms with Crippen LogP contribution in [-0.2, 0) is 0 Å². The lowest BCUT2D eigenvalue weighted by Gasteiger charge is -2.11. The standard InChI is InChI=1S/C22H19N3O2/c1-15-12-19(14-23-24-22(26)21-8-5-11-27-21)16(2)25(15)20-10-9-17-6-3-4-7-18(17)13-20/h3-14H,1-2H3,(H,24,26)/b23-14-. The van der Waals surface area contributed by atoms with Crippen LogP contribution in [-0.4, -0.2) is 16.7 Å². The minimum atomic E-state index is -0.375. The Kier molecular flexibility index (Phi) is 4.34. The minimum Gasteiger partial charge on any atom is -0.459 e. The van der Waals surface area contributed by atoms with Gasteiger partial charge < -0.3 is 8.98 Å². The van der Waals surface area contributed by atoms with Crippen molar-refractivity contribution in [1.29, 1.82) is 0 Å². The quantitative estimate of drug-likeness (QED) is 0.428. The summed E-state index contributed by atoms with van der Waals surface area (Å²) in [5.41, 5.74) is 6.68. The largest absolute Gasteiger partial charge is 0.459 e. The predicted molar refractivity (Wildman–Crippen MR) is 107 cm³/mol. The lowest BCUT2D eigenvalue weighted by molar-refractivity contribution is 0.0927. The molecule has 2 heterocycles. The van der Waals surface area contributed by atoms with Crippen molar-refractivity contribution in [2.45, 2.75) is 13.8 Å². The predicted octanol–water partition coefficient (Wildman–Crippen LogP) is 4.60. The Morgan fingerprint density at radius 3 is 2.63 bits per heavy atom. The number of aryl methyl sites for hydroxylation is 1. The van der Waals surface area contributed by atoms with Crippen LogP contribution in [0.3, 0.4) is 0 Å². The molecule has 1 amide bonds. The molecule has 5 heteroatoms. The van der Waals surface area contributed by atoms with Gasteiger partial charge in [-0.3, -0.25) is 4.79 Å². The summed E-state index contributed by atoms with van der Waals surface area (Å²) < 4.78 is 7.23. The van der Waals surface area contributed by atoms with Crippen LogP contribution in [0, 0.1) is 13.8 Å². The molecule has 0 aliphatic rings. The number of hydrogen-bond acceptors (Lipinski definition) is 3. The van der Waals surface area contributed by atoms with Crippen LogP contribution >= 0.6 is 0 Å². The van der Waals surface area contributed by atoms with Crippen LogP contribution in [0.1, 0.15) is 27.5 Å². The van der Waals surface area contributed by atoms with E-state index in [0.717, 1.165) is 22.6 Å². The number of hydrogen-bond donors (Lipinski definition) is 1. The Hall–Kier alpha value is -3.60. The fourth-order valence-corrected chi connectivity index (χ4v) is 3.25. The van der Waals surface area contributed by atoms with Crippen molar-refractivity contribution in [2.24, 2.45) is 5.10 Å². The van der Waals surface area contributed by atoms with E-state index in [-0.39, 0.29) is 11.7 Å². The maximum atomic E-state index is 11.9. The zero-order chi connectivity index (χ0) is 18.8. The number of carbonyl (C=O) groups is 1. The molecule has 2 aromatic heterocycles. The average molecular weight is 357 g/mol. The Morgan fingerprint density at radius 1 is 1.04 bits per heavy atom. The Labute approximate surface area is 156 Å². The first-order valence-electron chi connectivity index (χ1n) is 8.68. The third-order valence-corrected chi connectivity index (χ3v) is 4.58. The third-order valence-electron chi connectivity index (χ3n) is 4.58.